The Bertz CT molecular complexity index is 320. The summed E-state index contributed by atoms with van der Waals surface area (Å²) in [5, 5.41) is 0. The fraction of sp³-hybridized carbons (Fsp3) is 0.941. The highest BCUT2D eigenvalue weighted by Gasteiger charge is 2.33. The molecule has 20 heavy (non-hydrogen) atoms. The van der Waals surface area contributed by atoms with Crippen LogP contribution in [0.3, 0.4) is 0 Å². The number of amides is 1. The molecular weight excluding hydrogens is 248 g/mol. The average molecular weight is 282 g/mol. The number of nitrogens with zero attached hydrogens (tertiary/aromatic N) is 1. The molecule has 0 spiro atoms. The molecule has 1 fully saturated rings. The summed E-state index contributed by atoms with van der Waals surface area (Å²) in [6, 6.07) is 0.407. The lowest BCUT2D eigenvalue weighted by Gasteiger charge is -2.40. The first-order valence-electron chi connectivity index (χ1n) is 8.02. The molecule has 2 N–H and O–H groups in total. The minimum absolute atomic E-state index is 0.0325. The van der Waals surface area contributed by atoms with Crippen molar-refractivity contribution in [2.75, 3.05) is 13.6 Å². The van der Waals surface area contributed by atoms with Crippen molar-refractivity contribution in [2.45, 2.75) is 72.8 Å². The summed E-state index contributed by atoms with van der Waals surface area (Å²) in [4.78, 5) is 14.6. The molecule has 1 amide bonds. The van der Waals surface area contributed by atoms with Crippen LogP contribution in [0.5, 0.6) is 0 Å². The topological polar surface area (TPSA) is 46.3 Å². The van der Waals surface area contributed by atoms with E-state index in [4.69, 9.17) is 5.73 Å². The van der Waals surface area contributed by atoms with Crippen molar-refractivity contribution in [1.82, 2.24) is 4.90 Å². The van der Waals surface area contributed by atoms with Crippen molar-refractivity contribution in [2.24, 2.45) is 22.5 Å². The molecule has 1 atom stereocenters. The van der Waals surface area contributed by atoms with Gasteiger partial charge < -0.3 is 10.6 Å². The van der Waals surface area contributed by atoms with Crippen LogP contribution in [0.1, 0.15) is 66.7 Å². The van der Waals surface area contributed by atoms with E-state index >= 15 is 0 Å². The lowest BCUT2D eigenvalue weighted by Crippen LogP contribution is -2.45. The Morgan fingerprint density at radius 2 is 1.80 bits per heavy atom. The minimum atomic E-state index is -0.0325. The molecule has 0 aromatic rings. The summed E-state index contributed by atoms with van der Waals surface area (Å²) in [6.45, 7) is 11.6. The SMILES string of the molecule is CN(C(=O)C(CN)CC(C)(C)C)C1CCC(C)(C)CC1. The van der Waals surface area contributed by atoms with Crippen LogP contribution in [0, 0.1) is 16.7 Å². The van der Waals surface area contributed by atoms with Crippen molar-refractivity contribution in [3.05, 3.63) is 0 Å². The van der Waals surface area contributed by atoms with Gasteiger partial charge in [0, 0.05) is 19.6 Å². The van der Waals surface area contributed by atoms with E-state index in [1.807, 2.05) is 11.9 Å². The summed E-state index contributed by atoms with van der Waals surface area (Å²) in [7, 11) is 1.97. The maximum atomic E-state index is 12.7. The number of hydrogen-bond acceptors (Lipinski definition) is 2. The van der Waals surface area contributed by atoms with Crippen LogP contribution in [0.2, 0.25) is 0 Å². The van der Waals surface area contributed by atoms with Crippen molar-refractivity contribution in [3.63, 3.8) is 0 Å². The van der Waals surface area contributed by atoms with E-state index in [0.717, 1.165) is 19.3 Å². The van der Waals surface area contributed by atoms with Gasteiger partial charge in [0.05, 0.1) is 5.92 Å². The number of nitrogens with two attached hydrogens (primary N) is 1. The largest absolute Gasteiger partial charge is 0.342 e. The molecule has 1 saturated carbocycles. The number of hydrogen-bond donors (Lipinski definition) is 1. The van der Waals surface area contributed by atoms with Gasteiger partial charge in [-0.25, -0.2) is 0 Å². The van der Waals surface area contributed by atoms with Gasteiger partial charge in [-0.15, -0.1) is 0 Å². The molecule has 1 aliphatic carbocycles. The summed E-state index contributed by atoms with van der Waals surface area (Å²) < 4.78 is 0. The second-order valence-electron chi connectivity index (χ2n) is 8.54. The molecule has 3 nitrogen and oxygen atoms in total. The molecule has 1 rings (SSSR count). The quantitative estimate of drug-likeness (QED) is 0.858. The molecule has 3 heteroatoms. The molecule has 0 aliphatic heterocycles. The summed E-state index contributed by atoms with van der Waals surface area (Å²) >= 11 is 0. The van der Waals surface area contributed by atoms with E-state index in [-0.39, 0.29) is 17.2 Å². The van der Waals surface area contributed by atoms with Crippen LogP contribution in [-0.4, -0.2) is 30.4 Å². The van der Waals surface area contributed by atoms with Crippen LogP contribution < -0.4 is 5.73 Å². The lowest BCUT2D eigenvalue weighted by atomic mass is 9.75. The summed E-state index contributed by atoms with van der Waals surface area (Å²) in [6.07, 6.45) is 5.54. The third-order valence-electron chi connectivity index (χ3n) is 4.70. The Balaban J connectivity index is 2.61. The van der Waals surface area contributed by atoms with E-state index in [9.17, 15) is 4.79 Å². The van der Waals surface area contributed by atoms with Gasteiger partial charge in [-0.05, 0) is 42.9 Å². The summed E-state index contributed by atoms with van der Waals surface area (Å²) in [5.74, 6) is 0.210. The summed E-state index contributed by atoms with van der Waals surface area (Å²) in [5.41, 5.74) is 6.44. The molecule has 0 bridgehead atoms. The van der Waals surface area contributed by atoms with Crippen molar-refractivity contribution in [1.29, 1.82) is 0 Å². The second-order valence-corrected chi connectivity index (χ2v) is 8.54. The van der Waals surface area contributed by atoms with Gasteiger partial charge in [-0.3, -0.25) is 4.79 Å². The maximum absolute atomic E-state index is 12.7. The fourth-order valence-corrected chi connectivity index (χ4v) is 3.25. The van der Waals surface area contributed by atoms with Gasteiger partial charge in [-0.2, -0.15) is 0 Å². The maximum Gasteiger partial charge on any atom is 0.226 e. The fourth-order valence-electron chi connectivity index (χ4n) is 3.25. The molecule has 0 saturated heterocycles. The van der Waals surface area contributed by atoms with Crippen LogP contribution in [0.15, 0.2) is 0 Å². The molecule has 118 valence electrons. The first-order chi connectivity index (χ1) is 9.06. The zero-order valence-corrected chi connectivity index (χ0v) is 14.3. The number of rotatable bonds is 4. The molecule has 0 heterocycles. The predicted octanol–water partition coefficient (Wildman–Crippen LogP) is 3.42. The molecule has 1 aliphatic rings. The van der Waals surface area contributed by atoms with Gasteiger partial charge in [0.15, 0.2) is 0 Å². The Morgan fingerprint density at radius 3 is 2.20 bits per heavy atom. The van der Waals surface area contributed by atoms with E-state index < -0.39 is 0 Å². The second kappa shape index (κ2) is 6.46. The normalized spacial score (nSPS) is 21.6. The number of carbonyl (C=O) groups is 1. The third kappa shape index (κ3) is 5.08. The van der Waals surface area contributed by atoms with Crippen molar-refractivity contribution < 1.29 is 4.79 Å². The van der Waals surface area contributed by atoms with Crippen LogP contribution >= 0.6 is 0 Å². The zero-order valence-electron chi connectivity index (χ0n) is 14.3. The van der Waals surface area contributed by atoms with E-state index in [0.29, 0.717) is 18.0 Å². The third-order valence-corrected chi connectivity index (χ3v) is 4.70. The standard InChI is InChI=1S/C17H34N2O/c1-16(2,3)11-13(12-18)15(20)19(6)14-7-9-17(4,5)10-8-14/h13-14H,7-12,18H2,1-6H3. The Kier molecular flexibility index (Phi) is 5.65. The zero-order chi connectivity index (χ0) is 15.6. The highest BCUT2D eigenvalue weighted by atomic mass is 16.2. The minimum Gasteiger partial charge on any atom is -0.342 e. The Morgan fingerprint density at radius 1 is 1.30 bits per heavy atom. The highest BCUT2D eigenvalue weighted by Crippen LogP contribution is 2.37. The molecular formula is C17H34N2O. The van der Waals surface area contributed by atoms with Crippen molar-refractivity contribution >= 4 is 5.91 Å². The average Bonchev–Trinajstić information content (AvgIpc) is 2.33. The number of carbonyl (C=O) groups excluding carboxylic acids is 1. The monoisotopic (exact) mass is 282 g/mol. The van der Waals surface area contributed by atoms with Crippen molar-refractivity contribution in [3.8, 4) is 0 Å². The molecule has 0 aromatic carbocycles. The Hall–Kier alpha value is -0.570. The van der Waals surface area contributed by atoms with Crippen LogP contribution in [0.25, 0.3) is 0 Å². The van der Waals surface area contributed by atoms with Crippen LogP contribution in [0.4, 0.5) is 0 Å². The first-order valence-corrected chi connectivity index (χ1v) is 8.02. The van der Waals surface area contributed by atoms with Gasteiger partial charge in [-0.1, -0.05) is 34.6 Å². The molecule has 1 unspecified atom stereocenters. The van der Waals surface area contributed by atoms with E-state index in [1.54, 1.807) is 0 Å². The van der Waals surface area contributed by atoms with Gasteiger partial charge in [0.2, 0.25) is 5.91 Å². The Labute approximate surface area is 125 Å². The predicted molar refractivity (Wildman–Crippen MR) is 85.4 cm³/mol. The first kappa shape index (κ1) is 17.5. The molecule has 0 aromatic heterocycles. The lowest BCUT2D eigenvalue weighted by molar-refractivity contribution is -0.138. The van der Waals surface area contributed by atoms with Gasteiger partial charge in [0.25, 0.3) is 0 Å². The molecule has 0 radical (unpaired) electrons. The highest BCUT2D eigenvalue weighted by molar-refractivity contribution is 5.79. The smallest absolute Gasteiger partial charge is 0.226 e. The van der Waals surface area contributed by atoms with E-state index in [1.165, 1.54) is 12.8 Å². The van der Waals surface area contributed by atoms with Gasteiger partial charge >= 0.3 is 0 Å². The van der Waals surface area contributed by atoms with E-state index in [2.05, 4.69) is 34.6 Å². The van der Waals surface area contributed by atoms with Gasteiger partial charge in [0.1, 0.15) is 0 Å². The van der Waals surface area contributed by atoms with Crippen LogP contribution in [-0.2, 0) is 4.79 Å².